The van der Waals surface area contributed by atoms with E-state index in [1.165, 1.54) is 24.1 Å². The standard InChI is InChI=1S/C10H19N5O/c1-15-13-10(12-14-15)7-16-6-9-4-2-3-8(9)5-11/h8-9H,2-7,11H2,1H3. The van der Waals surface area contributed by atoms with E-state index in [0.29, 0.717) is 24.3 Å². The number of tetrazole rings is 1. The molecule has 2 rings (SSSR count). The number of nitrogens with zero attached hydrogens (tertiary/aromatic N) is 4. The van der Waals surface area contributed by atoms with Crippen molar-refractivity contribution in [3.8, 4) is 0 Å². The Morgan fingerprint density at radius 1 is 1.44 bits per heavy atom. The van der Waals surface area contributed by atoms with Crippen molar-refractivity contribution >= 4 is 0 Å². The number of rotatable bonds is 5. The lowest BCUT2D eigenvalue weighted by Gasteiger charge is -2.16. The van der Waals surface area contributed by atoms with Crippen LogP contribution in [0.4, 0.5) is 0 Å². The summed E-state index contributed by atoms with van der Waals surface area (Å²) in [7, 11) is 1.75. The van der Waals surface area contributed by atoms with Crippen LogP contribution in [0.2, 0.25) is 0 Å². The van der Waals surface area contributed by atoms with Crippen molar-refractivity contribution in [2.24, 2.45) is 24.6 Å². The van der Waals surface area contributed by atoms with E-state index in [-0.39, 0.29) is 0 Å². The Hall–Kier alpha value is -1.01. The molecular formula is C10H19N5O. The average Bonchev–Trinajstić information content (AvgIpc) is 2.87. The fourth-order valence-electron chi connectivity index (χ4n) is 2.33. The second-order valence-electron chi connectivity index (χ2n) is 4.40. The van der Waals surface area contributed by atoms with Gasteiger partial charge in [0.2, 0.25) is 0 Å². The second kappa shape index (κ2) is 5.36. The van der Waals surface area contributed by atoms with Crippen molar-refractivity contribution in [3.63, 3.8) is 0 Å². The molecule has 1 aliphatic carbocycles. The zero-order valence-corrected chi connectivity index (χ0v) is 9.67. The van der Waals surface area contributed by atoms with Crippen molar-refractivity contribution in [2.45, 2.75) is 25.9 Å². The van der Waals surface area contributed by atoms with Crippen LogP contribution in [0.1, 0.15) is 25.1 Å². The van der Waals surface area contributed by atoms with Crippen LogP contribution in [0.5, 0.6) is 0 Å². The molecule has 1 fully saturated rings. The molecule has 2 N–H and O–H groups in total. The zero-order valence-electron chi connectivity index (χ0n) is 9.67. The third kappa shape index (κ3) is 2.76. The highest BCUT2D eigenvalue weighted by Gasteiger charge is 2.26. The monoisotopic (exact) mass is 225 g/mol. The number of nitrogens with two attached hydrogens (primary N) is 1. The first kappa shape index (κ1) is 11.5. The minimum Gasteiger partial charge on any atom is -0.373 e. The van der Waals surface area contributed by atoms with E-state index in [4.69, 9.17) is 10.5 Å². The Morgan fingerprint density at radius 3 is 2.94 bits per heavy atom. The smallest absolute Gasteiger partial charge is 0.200 e. The van der Waals surface area contributed by atoms with E-state index in [0.717, 1.165) is 13.2 Å². The highest BCUT2D eigenvalue weighted by atomic mass is 16.5. The molecule has 0 aliphatic heterocycles. The van der Waals surface area contributed by atoms with Crippen molar-refractivity contribution in [1.29, 1.82) is 0 Å². The molecule has 0 radical (unpaired) electrons. The molecule has 2 atom stereocenters. The predicted octanol–water partition coefficient (Wildman–Crippen LogP) is 0.102. The molecule has 2 unspecified atom stereocenters. The van der Waals surface area contributed by atoms with Gasteiger partial charge in [-0.2, -0.15) is 4.80 Å². The van der Waals surface area contributed by atoms with Gasteiger partial charge in [0.05, 0.1) is 13.7 Å². The zero-order chi connectivity index (χ0) is 11.4. The van der Waals surface area contributed by atoms with E-state index < -0.39 is 0 Å². The summed E-state index contributed by atoms with van der Waals surface area (Å²) in [5, 5.41) is 11.7. The van der Waals surface area contributed by atoms with Gasteiger partial charge in [-0.15, -0.1) is 10.2 Å². The van der Waals surface area contributed by atoms with Gasteiger partial charge in [-0.1, -0.05) is 6.42 Å². The molecule has 16 heavy (non-hydrogen) atoms. The lowest BCUT2D eigenvalue weighted by molar-refractivity contribution is 0.0712. The fourth-order valence-corrected chi connectivity index (χ4v) is 2.33. The second-order valence-corrected chi connectivity index (χ2v) is 4.40. The molecule has 90 valence electrons. The van der Waals surface area contributed by atoms with E-state index >= 15 is 0 Å². The van der Waals surface area contributed by atoms with Gasteiger partial charge in [0, 0.05) is 0 Å². The minimum absolute atomic E-state index is 0.446. The van der Waals surface area contributed by atoms with E-state index in [9.17, 15) is 0 Å². The van der Waals surface area contributed by atoms with Crippen LogP contribution in [-0.4, -0.2) is 33.4 Å². The molecular weight excluding hydrogens is 206 g/mol. The molecule has 1 aromatic rings. The maximum absolute atomic E-state index is 5.72. The molecule has 0 saturated heterocycles. The molecule has 1 aliphatic rings. The van der Waals surface area contributed by atoms with Gasteiger partial charge in [-0.25, -0.2) is 0 Å². The van der Waals surface area contributed by atoms with Gasteiger partial charge >= 0.3 is 0 Å². The quantitative estimate of drug-likeness (QED) is 0.769. The van der Waals surface area contributed by atoms with Gasteiger partial charge in [-0.3, -0.25) is 0 Å². The summed E-state index contributed by atoms with van der Waals surface area (Å²) >= 11 is 0. The molecule has 0 spiro atoms. The predicted molar refractivity (Wildman–Crippen MR) is 58.3 cm³/mol. The number of hydrogen-bond acceptors (Lipinski definition) is 5. The highest BCUT2D eigenvalue weighted by Crippen LogP contribution is 2.30. The van der Waals surface area contributed by atoms with Gasteiger partial charge in [0.15, 0.2) is 5.82 Å². The van der Waals surface area contributed by atoms with Crippen LogP contribution in [0.15, 0.2) is 0 Å². The normalized spacial score (nSPS) is 25.1. The third-order valence-corrected chi connectivity index (χ3v) is 3.23. The SMILES string of the molecule is Cn1nnc(COCC2CCCC2CN)n1. The maximum Gasteiger partial charge on any atom is 0.200 e. The van der Waals surface area contributed by atoms with Gasteiger partial charge < -0.3 is 10.5 Å². The van der Waals surface area contributed by atoms with Gasteiger partial charge in [0.25, 0.3) is 0 Å². The molecule has 1 heterocycles. The summed E-state index contributed by atoms with van der Waals surface area (Å²) in [5.41, 5.74) is 5.72. The lowest BCUT2D eigenvalue weighted by atomic mass is 9.97. The molecule has 0 aromatic carbocycles. The van der Waals surface area contributed by atoms with Crippen LogP contribution >= 0.6 is 0 Å². The van der Waals surface area contributed by atoms with E-state index in [2.05, 4.69) is 15.4 Å². The Labute approximate surface area is 95.1 Å². The number of hydrogen-bond donors (Lipinski definition) is 1. The molecule has 1 aromatic heterocycles. The molecule has 6 nitrogen and oxygen atoms in total. The average molecular weight is 225 g/mol. The Kier molecular flexibility index (Phi) is 3.84. The van der Waals surface area contributed by atoms with Gasteiger partial charge in [-0.05, 0) is 36.4 Å². The van der Waals surface area contributed by atoms with Crippen molar-refractivity contribution in [3.05, 3.63) is 5.82 Å². The Bertz CT molecular complexity index is 327. The van der Waals surface area contributed by atoms with Crippen LogP contribution in [0.3, 0.4) is 0 Å². The summed E-state index contributed by atoms with van der Waals surface area (Å²) in [6, 6.07) is 0. The van der Waals surface area contributed by atoms with E-state index in [1.54, 1.807) is 7.05 Å². The fraction of sp³-hybridized carbons (Fsp3) is 0.900. The van der Waals surface area contributed by atoms with Crippen molar-refractivity contribution in [1.82, 2.24) is 20.2 Å². The van der Waals surface area contributed by atoms with Crippen LogP contribution in [-0.2, 0) is 18.4 Å². The first-order valence-corrected chi connectivity index (χ1v) is 5.80. The van der Waals surface area contributed by atoms with Gasteiger partial charge in [0.1, 0.15) is 6.61 Å². The highest BCUT2D eigenvalue weighted by molar-refractivity contribution is 4.78. The first-order chi connectivity index (χ1) is 7.79. The lowest BCUT2D eigenvalue weighted by Crippen LogP contribution is -2.22. The summed E-state index contributed by atoms with van der Waals surface area (Å²) in [6.07, 6.45) is 3.75. The summed E-state index contributed by atoms with van der Waals surface area (Å²) in [5.74, 6) is 1.89. The molecule has 0 bridgehead atoms. The summed E-state index contributed by atoms with van der Waals surface area (Å²) < 4.78 is 5.62. The largest absolute Gasteiger partial charge is 0.373 e. The summed E-state index contributed by atoms with van der Waals surface area (Å²) in [4.78, 5) is 1.44. The number of ether oxygens (including phenoxy) is 1. The third-order valence-electron chi connectivity index (χ3n) is 3.23. The molecule has 6 heteroatoms. The number of aryl methyl sites for hydroxylation is 1. The van der Waals surface area contributed by atoms with Crippen molar-refractivity contribution in [2.75, 3.05) is 13.2 Å². The van der Waals surface area contributed by atoms with Crippen LogP contribution in [0.25, 0.3) is 0 Å². The van der Waals surface area contributed by atoms with Crippen molar-refractivity contribution < 1.29 is 4.74 Å². The first-order valence-electron chi connectivity index (χ1n) is 5.80. The summed E-state index contributed by atoms with van der Waals surface area (Å²) in [6.45, 7) is 1.99. The molecule has 1 saturated carbocycles. The maximum atomic E-state index is 5.72. The molecule has 0 amide bonds. The van der Waals surface area contributed by atoms with E-state index in [1.807, 2.05) is 0 Å². The Morgan fingerprint density at radius 2 is 2.25 bits per heavy atom. The van der Waals surface area contributed by atoms with Crippen LogP contribution in [0, 0.1) is 11.8 Å². The minimum atomic E-state index is 0.446. The Balaban J connectivity index is 1.71. The topological polar surface area (TPSA) is 78.8 Å². The number of aromatic nitrogens is 4. The van der Waals surface area contributed by atoms with Crippen LogP contribution < -0.4 is 5.73 Å².